The third-order valence-electron chi connectivity index (χ3n) is 2.26. The minimum Gasteiger partial charge on any atom is -0.484 e. The van der Waals surface area contributed by atoms with Crippen molar-refractivity contribution < 1.29 is 22.7 Å². The van der Waals surface area contributed by atoms with E-state index in [1.807, 2.05) is 0 Å². The minimum atomic E-state index is -3.66. The van der Waals surface area contributed by atoms with Crippen molar-refractivity contribution >= 4 is 17.2 Å². The molecule has 1 aromatic rings. The summed E-state index contributed by atoms with van der Waals surface area (Å²) in [6, 6.07) is 0.719. The van der Waals surface area contributed by atoms with E-state index in [2.05, 4.69) is 4.74 Å². The smallest absolute Gasteiger partial charge is 0.343 e. The van der Waals surface area contributed by atoms with Gasteiger partial charge in [-0.15, -0.1) is 0 Å². The first kappa shape index (κ1) is 10.6. The first-order valence-corrected chi connectivity index (χ1v) is 4.27. The summed E-state index contributed by atoms with van der Waals surface area (Å²) in [6.45, 7) is -1.16. The maximum atomic E-state index is 13.1. The lowest BCUT2D eigenvalue weighted by Crippen LogP contribution is -2.40. The van der Waals surface area contributed by atoms with Crippen molar-refractivity contribution in [2.45, 2.75) is 5.92 Å². The molecule has 2 rings (SSSR count). The van der Waals surface area contributed by atoms with Gasteiger partial charge in [0.05, 0.1) is 5.56 Å². The highest BCUT2D eigenvalue weighted by molar-refractivity contribution is 6.09. The molecular formula is C9H7F3N2O2. The number of halogens is 3. The number of nitrogen functional groups attached to an aromatic ring is 2. The van der Waals surface area contributed by atoms with Gasteiger partial charge in [-0.3, -0.25) is 4.79 Å². The van der Waals surface area contributed by atoms with Gasteiger partial charge >= 0.3 is 5.92 Å². The zero-order valence-electron chi connectivity index (χ0n) is 7.89. The van der Waals surface area contributed by atoms with Gasteiger partial charge in [0.15, 0.2) is 18.2 Å². The molecule has 0 bridgehead atoms. The molecule has 0 aliphatic carbocycles. The van der Waals surface area contributed by atoms with Crippen molar-refractivity contribution in [1.29, 1.82) is 0 Å². The first-order valence-electron chi connectivity index (χ1n) is 4.27. The van der Waals surface area contributed by atoms with Gasteiger partial charge in [0.1, 0.15) is 5.69 Å². The quantitative estimate of drug-likeness (QED) is 0.659. The number of ketones is 1. The third kappa shape index (κ3) is 1.28. The van der Waals surface area contributed by atoms with E-state index in [1.165, 1.54) is 0 Å². The summed E-state index contributed by atoms with van der Waals surface area (Å²) < 4.78 is 43.7. The van der Waals surface area contributed by atoms with Gasteiger partial charge in [0.25, 0.3) is 0 Å². The van der Waals surface area contributed by atoms with Gasteiger partial charge in [0.2, 0.25) is 5.78 Å². The number of rotatable bonds is 0. The Kier molecular flexibility index (Phi) is 2.01. The number of Topliss-reactive ketones (excluding diaryl/α,β-unsaturated/α-hetero) is 1. The molecule has 0 fully saturated rings. The molecule has 0 atom stereocenters. The fraction of sp³-hybridized carbons (Fsp3) is 0.222. The van der Waals surface area contributed by atoms with Crippen molar-refractivity contribution in [1.82, 2.24) is 0 Å². The fourth-order valence-electron chi connectivity index (χ4n) is 1.46. The van der Waals surface area contributed by atoms with Crippen molar-refractivity contribution in [3.05, 3.63) is 17.4 Å². The molecule has 16 heavy (non-hydrogen) atoms. The minimum absolute atomic E-state index is 0.409. The maximum Gasteiger partial charge on any atom is 0.343 e. The molecule has 0 amide bonds. The zero-order chi connectivity index (χ0) is 12.1. The molecule has 86 valence electrons. The number of hydrogen-bond acceptors (Lipinski definition) is 4. The van der Waals surface area contributed by atoms with Gasteiger partial charge in [-0.2, -0.15) is 8.78 Å². The molecule has 1 heterocycles. The van der Waals surface area contributed by atoms with Crippen LogP contribution in [0.25, 0.3) is 0 Å². The second-order valence-electron chi connectivity index (χ2n) is 3.39. The summed E-state index contributed by atoms with van der Waals surface area (Å²) in [5.74, 6) is -6.48. The van der Waals surface area contributed by atoms with Crippen molar-refractivity contribution in [3.8, 4) is 5.75 Å². The molecular weight excluding hydrogens is 225 g/mol. The number of fused-ring (bicyclic) bond motifs is 1. The Morgan fingerprint density at radius 1 is 1.38 bits per heavy atom. The number of carbonyl (C=O) groups excluding carboxylic acids is 1. The predicted molar refractivity (Wildman–Crippen MR) is 50.0 cm³/mol. The van der Waals surface area contributed by atoms with Crippen LogP contribution in [0, 0.1) is 5.82 Å². The van der Waals surface area contributed by atoms with E-state index in [-0.39, 0.29) is 0 Å². The standard InChI is InChI=1S/C9H7F3N2O2/c10-3-1-4(13)5-7(6(3)14)16-2-9(11,12)8(5)15/h1H,2,13-14H2. The van der Waals surface area contributed by atoms with Gasteiger partial charge < -0.3 is 16.2 Å². The second-order valence-corrected chi connectivity index (χ2v) is 3.39. The number of carbonyl (C=O) groups is 1. The topological polar surface area (TPSA) is 78.3 Å². The molecule has 0 radical (unpaired) electrons. The Labute approximate surface area is 88.0 Å². The monoisotopic (exact) mass is 232 g/mol. The van der Waals surface area contributed by atoms with Crippen molar-refractivity contribution in [2.75, 3.05) is 18.1 Å². The summed E-state index contributed by atoms with van der Waals surface area (Å²) in [7, 11) is 0. The Hall–Kier alpha value is -1.92. The van der Waals surface area contributed by atoms with Gasteiger partial charge in [-0.05, 0) is 6.07 Å². The van der Waals surface area contributed by atoms with Crippen LogP contribution in [0.15, 0.2) is 6.07 Å². The molecule has 1 aliphatic heterocycles. The summed E-state index contributed by atoms with van der Waals surface area (Å²) in [4.78, 5) is 11.3. The second kappa shape index (κ2) is 3.03. The van der Waals surface area contributed by atoms with E-state index in [1.54, 1.807) is 0 Å². The van der Waals surface area contributed by atoms with E-state index < -0.39 is 46.8 Å². The molecule has 0 aromatic heterocycles. The first-order chi connectivity index (χ1) is 7.34. The summed E-state index contributed by atoms with van der Waals surface area (Å²) >= 11 is 0. The molecule has 1 aliphatic rings. The number of benzene rings is 1. The predicted octanol–water partition coefficient (Wildman–Crippen LogP) is 1.20. The number of ether oxygens (including phenoxy) is 1. The van der Waals surface area contributed by atoms with E-state index in [4.69, 9.17) is 11.5 Å². The number of alkyl halides is 2. The van der Waals surface area contributed by atoms with E-state index in [9.17, 15) is 18.0 Å². The Balaban J connectivity index is 2.70. The lowest BCUT2D eigenvalue weighted by Gasteiger charge is -2.25. The highest BCUT2D eigenvalue weighted by Gasteiger charge is 2.47. The Morgan fingerprint density at radius 3 is 2.62 bits per heavy atom. The largest absolute Gasteiger partial charge is 0.484 e. The molecule has 0 unspecified atom stereocenters. The Bertz CT molecular complexity index is 488. The summed E-state index contributed by atoms with van der Waals surface area (Å²) in [5, 5.41) is 0. The fourth-order valence-corrected chi connectivity index (χ4v) is 1.46. The van der Waals surface area contributed by atoms with E-state index in [0.29, 0.717) is 0 Å². The van der Waals surface area contributed by atoms with Crippen LogP contribution in [0.3, 0.4) is 0 Å². The van der Waals surface area contributed by atoms with Crippen LogP contribution in [-0.2, 0) is 0 Å². The van der Waals surface area contributed by atoms with Crippen LogP contribution in [0.4, 0.5) is 24.5 Å². The van der Waals surface area contributed by atoms with Crippen LogP contribution < -0.4 is 16.2 Å². The lowest BCUT2D eigenvalue weighted by molar-refractivity contribution is -0.0262. The SMILES string of the molecule is Nc1cc(F)c(N)c2c1C(=O)C(F)(F)CO2. The van der Waals surface area contributed by atoms with E-state index in [0.717, 1.165) is 6.07 Å². The molecule has 0 saturated carbocycles. The average Bonchev–Trinajstić information content (AvgIpc) is 2.19. The van der Waals surface area contributed by atoms with Gasteiger partial charge in [-0.1, -0.05) is 0 Å². The molecule has 0 saturated heterocycles. The van der Waals surface area contributed by atoms with Crippen molar-refractivity contribution in [2.24, 2.45) is 0 Å². The summed E-state index contributed by atoms with van der Waals surface area (Å²) in [5.41, 5.74) is 9.10. The van der Waals surface area contributed by atoms with Crippen LogP contribution in [-0.4, -0.2) is 18.3 Å². The highest BCUT2D eigenvalue weighted by Crippen LogP contribution is 2.41. The molecule has 1 aromatic carbocycles. The number of anilines is 2. The molecule has 7 heteroatoms. The lowest BCUT2D eigenvalue weighted by atomic mass is 9.99. The average molecular weight is 232 g/mol. The molecule has 4 nitrogen and oxygen atoms in total. The number of hydrogen-bond donors (Lipinski definition) is 2. The van der Waals surface area contributed by atoms with Crippen molar-refractivity contribution in [3.63, 3.8) is 0 Å². The van der Waals surface area contributed by atoms with Crippen LogP contribution in [0.1, 0.15) is 10.4 Å². The van der Waals surface area contributed by atoms with Crippen LogP contribution in [0.2, 0.25) is 0 Å². The third-order valence-corrected chi connectivity index (χ3v) is 2.26. The van der Waals surface area contributed by atoms with Gasteiger partial charge in [-0.25, -0.2) is 4.39 Å². The highest BCUT2D eigenvalue weighted by atomic mass is 19.3. The zero-order valence-corrected chi connectivity index (χ0v) is 7.89. The number of nitrogens with two attached hydrogens (primary N) is 2. The van der Waals surface area contributed by atoms with Gasteiger partial charge in [0, 0.05) is 5.69 Å². The maximum absolute atomic E-state index is 13.1. The molecule has 0 spiro atoms. The van der Waals surface area contributed by atoms with Crippen LogP contribution in [0.5, 0.6) is 5.75 Å². The van der Waals surface area contributed by atoms with Crippen LogP contribution >= 0.6 is 0 Å². The normalized spacial score (nSPS) is 17.8. The van der Waals surface area contributed by atoms with E-state index >= 15 is 0 Å². The summed E-state index contributed by atoms with van der Waals surface area (Å²) in [6.07, 6.45) is 0. The Morgan fingerprint density at radius 2 is 2.00 bits per heavy atom. The molecule has 4 N–H and O–H groups in total.